The smallest absolute Gasteiger partial charge is 0.270 e. The van der Waals surface area contributed by atoms with Gasteiger partial charge in [0.1, 0.15) is 0 Å². The van der Waals surface area contributed by atoms with E-state index in [4.69, 9.17) is 5.11 Å². The van der Waals surface area contributed by atoms with Crippen LogP contribution < -0.4 is 5.32 Å². The van der Waals surface area contributed by atoms with Gasteiger partial charge in [-0.05, 0) is 24.8 Å². The van der Waals surface area contributed by atoms with Crippen molar-refractivity contribution in [2.75, 3.05) is 18.5 Å². The van der Waals surface area contributed by atoms with Crippen LogP contribution in [0.1, 0.15) is 31.8 Å². The van der Waals surface area contributed by atoms with E-state index in [9.17, 15) is 18.9 Å². The van der Waals surface area contributed by atoms with Crippen LogP contribution in [0, 0.1) is 16.0 Å². The fraction of sp³-hybridized carbons (Fsp3) is 0.538. The number of nitrogens with one attached hydrogen (secondary N) is 1. The molecule has 0 aliphatic heterocycles. The molecule has 0 aliphatic rings. The Labute approximate surface area is 115 Å². The molecule has 112 valence electrons. The summed E-state index contributed by atoms with van der Waals surface area (Å²) in [5.41, 5.74) is -0.503. The zero-order valence-corrected chi connectivity index (χ0v) is 11.2. The van der Waals surface area contributed by atoms with Crippen LogP contribution in [0.5, 0.6) is 0 Å². The van der Waals surface area contributed by atoms with Gasteiger partial charge in [-0.3, -0.25) is 10.1 Å². The number of non-ortho nitro benzene ring substituents is 1. The molecular weight excluding hydrogens is 270 g/mol. The van der Waals surface area contributed by atoms with E-state index in [-0.39, 0.29) is 29.5 Å². The topological polar surface area (TPSA) is 75.4 Å². The van der Waals surface area contributed by atoms with E-state index in [1.165, 1.54) is 12.1 Å². The minimum atomic E-state index is -2.77. The first-order valence-electron chi connectivity index (χ1n) is 6.37. The Hall–Kier alpha value is -1.76. The predicted octanol–water partition coefficient (Wildman–Crippen LogP) is 3.35. The first-order chi connectivity index (χ1) is 9.45. The van der Waals surface area contributed by atoms with Crippen molar-refractivity contribution in [3.05, 3.63) is 33.9 Å². The molecule has 0 amide bonds. The molecule has 0 heterocycles. The lowest BCUT2D eigenvalue weighted by Gasteiger charge is -2.12. The second-order valence-electron chi connectivity index (χ2n) is 4.69. The molecule has 1 unspecified atom stereocenters. The molecule has 1 aromatic carbocycles. The molecule has 1 aromatic rings. The Balaban J connectivity index is 2.67. The van der Waals surface area contributed by atoms with E-state index in [1.807, 2.05) is 6.92 Å². The molecule has 1 rings (SSSR count). The van der Waals surface area contributed by atoms with Crippen molar-refractivity contribution in [1.82, 2.24) is 0 Å². The van der Waals surface area contributed by atoms with Crippen LogP contribution in [0.3, 0.4) is 0 Å². The molecule has 0 aliphatic carbocycles. The zero-order valence-electron chi connectivity index (χ0n) is 11.2. The van der Waals surface area contributed by atoms with Crippen molar-refractivity contribution in [1.29, 1.82) is 0 Å². The molecule has 0 fully saturated rings. The molecule has 0 aromatic heterocycles. The lowest BCUT2D eigenvalue weighted by molar-refractivity contribution is -0.385. The summed E-state index contributed by atoms with van der Waals surface area (Å²) in [4.78, 5) is 9.88. The Morgan fingerprint density at radius 3 is 2.70 bits per heavy atom. The minimum Gasteiger partial charge on any atom is -0.396 e. The van der Waals surface area contributed by atoms with Gasteiger partial charge in [-0.1, -0.05) is 6.92 Å². The number of halogens is 2. The maximum Gasteiger partial charge on any atom is 0.270 e. The SMILES string of the molecule is CC(CO)CCCNc1ccc([N+](=O)[O-])cc1C(F)F. The Bertz CT molecular complexity index is 455. The molecule has 5 nitrogen and oxygen atoms in total. The number of aliphatic hydroxyl groups is 1. The third-order valence-corrected chi connectivity index (χ3v) is 2.98. The van der Waals surface area contributed by atoms with Crippen molar-refractivity contribution < 1.29 is 18.8 Å². The van der Waals surface area contributed by atoms with E-state index in [2.05, 4.69) is 5.32 Å². The second kappa shape index (κ2) is 7.74. The summed E-state index contributed by atoms with van der Waals surface area (Å²) in [6, 6.07) is 3.39. The normalized spacial score (nSPS) is 12.4. The fourth-order valence-corrected chi connectivity index (χ4v) is 1.77. The first kappa shape index (κ1) is 16.3. The number of hydrogen-bond donors (Lipinski definition) is 2. The second-order valence-corrected chi connectivity index (χ2v) is 4.69. The fourth-order valence-electron chi connectivity index (χ4n) is 1.77. The Morgan fingerprint density at radius 2 is 2.15 bits per heavy atom. The molecule has 20 heavy (non-hydrogen) atoms. The zero-order chi connectivity index (χ0) is 15.1. The van der Waals surface area contributed by atoms with Gasteiger partial charge in [0.15, 0.2) is 0 Å². The van der Waals surface area contributed by atoms with Gasteiger partial charge in [0.25, 0.3) is 12.1 Å². The van der Waals surface area contributed by atoms with E-state index >= 15 is 0 Å². The molecule has 0 saturated carbocycles. The van der Waals surface area contributed by atoms with Crippen LogP contribution >= 0.6 is 0 Å². The maximum atomic E-state index is 12.9. The standard InChI is InChI=1S/C13H18F2N2O3/c1-9(8-18)3-2-6-16-12-5-4-10(17(19)20)7-11(12)13(14)15/h4-5,7,9,13,16,18H,2-3,6,8H2,1H3. The Kier molecular flexibility index (Phi) is 6.30. The van der Waals surface area contributed by atoms with E-state index in [0.717, 1.165) is 18.9 Å². The summed E-state index contributed by atoms with van der Waals surface area (Å²) < 4.78 is 25.7. The third kappa shape index (κ3) is 4.73. The van der Waals surface area contributed by atoms with Gasteiger partial charge in [0.2, 0.25) is 0 Å². The van der Waals surface area contributed by atoms with Crippen LogP contribution in [0.4, 0.5) is 20.2 Å². The summed E-state index contributed by atoms with van der Waals surface area (Å²) in [6.45, 7) is 2.47. The van der Waals surface area contributed by atoms with E-state index in [1.54, 1.807) is 0 Å². The van der Waals surface area contributed by atoms with Crippen molar-refractivity contribution in [3.63, 3.8) is 0 Å². The van der Waals surface area contributed by atoms with Crippen LogP contribution in [-0.4, -0.2) is 23.2 Å². The predicted molar refractivity (Wildman–Crippen MR) is 72.0 cm³/mol. The summed E-state index contributed by atoms with van der Waals surface area (Å²) >= 11 is 0. The monoisotopic (exact) mass is 288 g/mol. The first-order valence-corrected chi connectivity index (χ1v) is 6.37. The maximum absolute atomic E-state index is 12.9. The van der Waals surface area contributed by atoms with Gasteiger partial charge in [0, 0.05) is 36.5 Å². The number of alkyl halides is 2. The van der Waals surface area contributed by atoms with Crippen LogP contribution in [0.2, 0.25) is 0 Å². The van der Waals surface area contributed by atoms with Crippen LogP contribution in [-0.2, 0) is 0 Å². The lowest BCUT2D eigenvalue weighted by Crippen LogP contribution is -2.08. The molecule has 1 atom stereocenters. The molecule has 0 bridgehead atoms. The molecule has 7 heteroatoms. The lowest BCUT2D eigenvalue weighted by atomic mass is 10.1. The van der Waals surface area contributed by atoms with Gasteiger partial charge in [-0.2, -0.15) is 0 Å². The molecule has 0 spiro atoms. The number of nitro benzene ring substituents is 1. The van der Waals surface area contributed by atoms with Gasteiger partial charge >= 0.3 is 0 Å². The molecule has 0 saturated heterocycles. The molecular formula is C13H18F2N2O3. The van der Waals surface area contributed by atoms with Crippen molar-refractivity contribution >= 4 is 11.4 Å². The number of nitro groups is 1. The van der Waals surface area contributed by atoms with Gasteiger partial charge in [0.05, 0.1) is 4.92 Å². The molecule has 0 radical (unpaired) electrons. The number of nitrogens with zero attached hydrogens (tertiary/aromatic N) is 1. The summed E-state index contributed by atoms with van der Waals surface area (Å²) in [7, 11) is 0. The highest BCUT2D eigenvalue weighted by molar-refractivity contribution is 5.56. The minimum absolute atomic E-state index is 0.0970. The third-order valence-electron chi connectivity index (χ3n) is 2.98. The van der Waals surface area contributed by atoms with E-state index < -0.39 is 11.3 Å². The van der Waals surface area contributed by atoms with Crippen molar-refractivity contribution in [2.24, 2.45) is 5.92 Å². The van der Waals surface area contributed by atoms with Gasteiger partial charge in [-0.15, -0.1) is 0 Å². The highest BCUT2D eigenvalue weighted by Gasteiger charge is 2.17. The largest absolute Gasteiger partial charge is 0.396 e. The van der Waals surface area contributed by atoms with E-state index in [0.29, 0.717) is 6.54 Å². The highest BCUT2D eigenvalue weighted by atomic mass is 19.3. The number of hydrogen-bond acceptors (Lipinski definition) is 4. The summed E-state index contributed by atoms with van der Waals surface area (Å²) in [5, 5.41) is 22.3. The number of anilines is 1. The van der Waals surface area contributed by atoms with Crippen molar-refractivity contribution in [2.45, 2.75) is 26.2 Å². The highest BCUT2D eigenvalue weighted by Crippen LogP contribution is 2.30. The average Bonchev–Trinajstić information content (AvgIpc) is 2.42. The van der Waals surface area contributed by atoms with Gasteiger partial charge < -0.3 is 10.4 Å². The molecule has 2 N–H and O–H groups in total. The van der Waals surface area contributed by atoms with Crippen LogP contribution in [0.25, 0.3) is 0 Å². The number of aliphatic hydroxyl groups excluding tert-OH is 1. The number of rotatable bonds is 8. The quantitative estimate of drug-likeness (QED) is 0.437. The van der Waals surface area contributed by atoms with Crippen LogP contribution in [0.15, 0.2) is 18.2 Å². The average molecular weight is 288 g/mol. The Morgan fingerprint density at radius 1 is 1.45 bits per heavy atom. The number of benzene rings is 1. The summed E-state index contributed by atoms with van der Waals surface area (Å²) in [5.74, 6) is 0.170. The van der Waals surface area contributed by atoms with Crippen molar-refractivity contribution in [3.8, 4) is 0 Å². The van der Waals surface area contributed by atoms with Gasteiger partial charge in [-0.25, -0.2) is 8.78 Å². The summed E-state index contributed by atoms with van der Waals surface area (Å²) in [6.07, 6.45) is -1.27.